The Morgan fingerprint density at radius 1 is 1.88 bits per heavy atom. The molecule has 0 amide bonds. The molecule has 0 aromatic rings. The Kier molecular flexibility index (Phi) is 1.67. The molecule has 0 fully saturated rings. The van der Waals surface area contributed by atoms with E-state index in [4.69, 9.17) is 0 Å². The average molecular weight is 110 g/mol. The molecule has 1 aliphatic rings. The molecule has 0 saturated heterocycles. The van der Waals surface area contributed by atoms with Gasteiger partial charge in [-0.15, -0.1) is 0 Å². The lowest BCUT2D eigenvalue weighted by Crippen LogP contribution is -2.12. The van der Waals surface area contributed by atoms with E-state index < -0.39 is 0 Å². The first-order chi connectivity index (χ1) is 3.93. The Morgan fingerprint density at radius 2 is 2.75 bits per heavy atom. The van der Waals surface area contributed by atoms with Crippen LogP contribution in [0.5, 0.6) is 0 Å². The molecule has 2 heteroatoms. The molecular formula is C6H10N2. The standard InChI is InChI=1S/C6H10N2/c1-2-6-3-4-7-5-8-6/h3-4,7H,2,5H2,1H3. The second-order valence-electron chi connectivity index (χ2n) is 1.70. The van der Waals surface area contributed by atoms with Crippen LogP contribution in [0.3, 0.4) is 0 Å². The van der Waals surface area contributed by atoms with Crippen LogP contribution in [0.2, 0.25) is 0 Å². The summed E-state index contributed by atoms with van der Waals surface area (Å²) in [6.07, 6.45) is 4.98. The molecule has 0 aliphatic carbocycles. The molecule has 2 nitrogen and oxygen atoms in total. The van der Waals surface area contributed by atoms with Crippen LogP contribution in [0, 0.1) is 0 Å². The molecule has 0 unspecified atom stereocenters. The maximum atomic E-state index is 4.17. The highest BCUT2D eigenvalue weighted by atomic mass is 15.0. The number of rotatable bonds is 1. The molecular weight excluding hydrogens is 100 g/mol. The monoisotopic (exact) mass is 110 g/mol. The van der Waals surface area contributed by atoms with Crippen LogP contribution in [0.4, 0.5) is 0 Å². The third-order valence-corrected chi connectivity index (χ3v) is 1.13. The maximum absolute atomic E-state index is 4.17. The summed E-state index contributed by atoms with van der Waals surface area (Å²) in [5.41, 5.74) is 1.18. The lowest BCUT2D eigenvalue weighted by atomic mass is 10.3. The van der Waals surface area contributed by atoms with Gasteiger partial charge in [-0.05, 0) is 18.7 Å². The molecule has 44 valence electrons. The van der Waals surface area contributed by atoms with Crippen LogP contribution in [0.25, 0.3) is 0 Å². The van der Waals surface area contributed by atoms with E-state index in [1.54, 1.807) is 0 Å². The van der Waals surface area contributed by atoms with Crippen LogP contribution < -0.4 is 5.32 Å². The van der Waals surface area contributed by atoms with Crippen molar-refractivity contribution in [3.05, 3.63) is 12.3 Å². The quantitative estimate of drug-likeness (QED) is 0.533. The van der Waals surface area contributed by atoms with Gasteiger partial charge in [-0.3, -0.25) is 4.99 Å². The van der Waals surface area contributed by atoms with E-state index in [2.05, 4.69) is 17.2 Å². The summed E-state index contributed by atoms with van der Waals surface area (Å²) in [5.74, 6) is 0. The molecule has 0 spiro atoms. The van der Waals surface area contributed by atoms with Crippen molar-refractivity contribution in [2.75, 3.05) is 6.67 Å². The van der Waals surface area contributed by atoms with Crippen molar-refractivity contribution in [3.63, 3.8) is 0 Å². The first kappa shape index (κ1) is 5.35. The van der Waals surface area contributed by atoms with Gasteiger partial charge in [-0.2, -0.15) is 0 Å². The van der Waals surface area contributed by atoms with Gasteiger partial charge in [0.25, 0.3) is 0 Å². The highest BCUT2D eigenvalue weighted by molar-refractivity contribution is 5.95. The molecule has 1 aliphatic heterocycles. The zero-order valence-electron chi connectivity index (χ0n) is 5.02. The number of nitrogens with one attached hydrogen (secondary N) is 1. The van der Waals surface area contributed by atoms with Gasteiger partial charge in [0, 0.05) is 5.71 Å². The van der Waals surface area contributed by atoms with Crippen molar-refractivity contribution in [1.29, 1.82) is 0 Å². The Hall–Kier alpha value is -0.790. The predicted molar refractivity (Wildman–Crippen MR) is 34.9 cm³/mol. The van der Waals surface area contributed by atoms with Crippen molar-refractivity contribution in [2.45, 2.75) is 13.3 Å². The smallest absolute Gasteiger partial charge is 0.107 e. The van der Waals surface area contributed by atoms with Gasteiger partial charge in [-0.1, -0.05) is 6.92 Å². The molecule has 1 N–H and O–H groups in total. The highest BCUT2D eigenvalue weighted by Crippen LogP contribution is 1.90. The Labute approximate surface area is 49.3 Å². The summed E-state index contributed by atoms with van der Waals surface area (Å²) in [5, 5.41) is 2.98. The van der Waals surface area contributed by atoms with Gasteiger partial charge in [-0.25, -0.2) is 0 Å². The summed E-state index contributed by atoms with van der Waals surface area (Å²) in [6, 6.07) is 0. The first-order valence-electron chi connectivity index (χ1n) is 2.86. The Bertz CT molecular complexity index is 124. The van der Waals surface area contributed by atoms with E-state index in [-0.39, 0.29) is 0 Å². The predicted octanol–water partition coefficient (Wildman–Crippen LogP) is 0.912. The van der Waals surface area contributed by atoms with Gasteiger partial charge in [0.1, 0.15) is 6.67 Å². The van der Waals surface area contributed by atoms with Crippen LogP contribution in [0.1, 0.15) is 13.3 Å². The molecule has 1 rings (SSSR count). The van der Waals surface area contributed by atoms with E-state index in [0.29, 0.717) is 0 Å². The Morgan fingerprint density at radius 3 is 3.12 bits per heavy atom. The zero-order chi connectivity index (χ0) is 5.82. The van der Waals surface area contributed by atoms with Crippen LogP contribution in [-0.4, -0.2) is 12.4 Å². The summed E-state index contributed by atoms with van der Waals surface area (Å²) in [4.78, 5) is 4.17. The summed E-state index contributed by atoms with van der Waals surface area (Å²) < 4.78 is 0. The molecule has 1 heterocycles. The summed E-state index contributed by atoms with van der Waals surface area (Å²) in [7, 11) is 0. The average Bonchev–Trinajstić information content (AvgIpc) is 1.90. The summed E-state index contributed by atoms with van der Waals surface area (Å²) in [6.45, 7) is 2.86. The fourth-order valence-electron chi connectivity index (χ4n) is 0.637. The lowest BCUT2D eigenvalue weighted by Gasteiger charge is -2.03. The molecule has 0 aromatic heterocycles. The van der Waals surface area contributed by atoms with Crippen LogP contribution in [0.15, 0.2) is 17.3 Å². The molecule has 0 atom stereocenters. The van der Waals surface area contributed by atoms with Crippen LogP contribution in [-0.2, 0) is 0 Å². The zero-order valence-corrected chi connectivity index (χ0v) is 5.02. The number of hydrogen-bond donors (Lipinski definition) is 1. The normalized spacial score (nSPS) is 17.4. The van der Waals surface area contributed by atoms with E-state index in [0.717, 1.165) is 13.1 Å². The van der Waals surface area contributed by atoms with Crippen molar-refractivity contribution in [1.82, 2.24) is 5.32 Å². The lowest BCUT2D eigenvalue weighted by molar-refractivity contribution is 0.867. The number of allylic oxidation sites excluding steroid dienone is 1. The van der Waals surface area contributed by atoms with E-state index >= 15 is 0 Å². The molecule has 0 aromatic carbocycles. The topological polar surface area (TPSA) is 24.4 Å². The minimum atomic E-state index is 0.750. The van der Waals surface area contributed by atoms with Gasteiger partial charge in [0.15, 0.2) is 0 Å². The minimum Gasteiger partial charge on any atom is -0.372 e. The molecule has 8 heavy (non-hydrogen) atoms. The van der Waals surface area contributed by atoms with Crippen molar-refractivity contribution < 1.29 is 0 Å². The minimum absolute atomic E-state index is 0.750. The fourth-order valence-corrected chi connectivity index (χ4v) is 0.637. The third kappa shape index (κ3) is 1.09. The number of aliphatic imine (C=N–C) groups is 1. The molecule has 0 radical (unpaired) electrons. The fraction of sp³-hybridized carbons (Fsp3) is 0.500. The van der Waals surface area contributed by atoms with E-state index in [1.807, 2.05) is 12.3 Å². The van der Waals surface area contributed by atoms with Crippen molar-refractivity contribution >= 4 is 5.71 Å². The second-order valence-corrected chi connectivity index (χ2v) is 1.70. The number of hydrogen-bond acceptors (Lipinski definition) is 2. The van der Waals surface area contributed by atoms with E-state index in [9.17, 15) is 0 Å². The molecule has 0 saturated carbocycles. The third-order valence-electron chi connectivity index (χ3n) is 1.13. The van der Waals surface area contributed by atoms with Crippen molar-refractivity contribution in [2.24, 2.45) is 4.99 Å². The van der Waals surface area contributed by atoms with Crippen LogP contribution >= 0.6 is 0 Å². The SMILES string of the molecule is CCC1=NCNC=C1. The van der Waals surface area contributed by atoms with Gasteiger partial charge in [0.2, 0.25) is 0 Å². The largest absolute Gasteiger partial charge is 0.372 e. The van der Waals surface area contributed by atoms with Gasteiger partial charge in [0.05, 0.1) is 0 Å². The maximum Gasteiger partial charge on any atom is 0.107 e. The van der Waals surface area contributed by atoms with Gasteiger partial charge >= 0.3 is 0 Å². The second kappa shape index (κ2) is 2.50. The van der Waals surface area contributed by atoms with E-state index in [1.165, 1.54) is 5.71 Å². The number of nitrogens with zero attached hydrogens (tertiary/aromatic N) is 1. The highest BCUT2D eigenvalue weighted by Gasteiger charge is 1.91. The van der Waals surface area contributed by atoms with Crippen molar-refractivity contribution in [3.8, 4) is 0 Å². The summed E-state index contributed by atoms with van der Waals surface area (Å²) >= 11 is 0. The van der Waals surface area contributed by atoms with Gasteiger partial charge < -0.3 is 5.32 Å². The Balaban J connectivity index is 2.51. The molecule has 0 bridgehead atoms. The first-order valence-corrected chi connectivity index (χ1v) is 2.86.